The highest BCUT2D eigenvalue weighted by Crippen LogP contribution is 2.46. The molecule has 3 aromatic carbocycles. The molecular formula is C56H67ClN10O4S. The number of rotatable bonds is 10. The van der Waals surface area contributed by atoms with Crippen molar-refractivity contribution in [2.45, 2.75) is 127 Å². The highest BCUT2D eigenvalue weighted by Gasteiger charge is 2.50. The van der Waals surface area contributed by atoms with E-state index in [0.717, 1.165) is 103 Å². The van der Waals surface area contributed by atoms with Gasteiger partial charge in [0.1, 0.15) is 17.9 Å². The fraction of sp³-hybridized carbons (Fsp3) is 0.518. The van der Waals surface area contributed by atoms with Gasteiger partial charge in [-0.3, -0.25) is 19.0 Å². The lowest BCUT2D eigenvalue weighted by atomic mass is 9.80. The number of β-amino-alcohol motifs (C(OH)–C–C–N with tert-alkyl or cyclic N) is 1. The number of piperidine rings is 1. The summed E-state index contributed by atoms with van der Waals surface area (Å²) in [4.78, 5) is 58.9. The molecular weight excluding hydrogens is 944 g/mol. The van der Waals surface area contributed by atoms with Gasteiger partial charge in [0.15, 0.2) is 0 Å². The van der Waals surface area contributed by atoms with E-state index in [4.69, 9.17) is 16.7 Å². The number of nitrogens with one attached hydrogen (secondary N) is 1. The lowest BCUT2D eigenvalue weighted by Crippen LogP contribution is -2.68. The van der Waals surface area contributed by atoms with Crippen molar-refractivity contribution in [3.05, 3.63) is 122 Å². The first-order valence-electron chi connectivity index (χ1n) is 25.9. The van der Waals surface area contributed by atoms with Gasteiger partial charge < -0.3 is 25.1 Å². The van der Waals surface area contributed by atoms with Crippen LogP contribution in [0.1, 0.15) is 131 Å². The summed E-state index contributed by atoms with van der Waals surface area (Å²) in [5.41, 5.74) is 8.44. The van der Waals surface area contributed by atoms with E-state index >= 15 is 0 Å². The fourth-order valence-corrected chi connectivity index (χ4v) is 14.0. The molecule has 378 valence electrons. The van der Waals surface area contributed by atoms with Crippen LogP contribution in [0.3, 0.4) is 0 Å². The second kappa shape index (κ2) is 18.6. The van der Waals surface area contributed by atoms with Gasteiger partial charge >= 0.3 is 0 Å². The summed E-state index contributed by atoms with van der Waals surface area (Å²) in [6.45, 7) is 16.9. The van der Waals surface area contributed by atoms with Crippen molar-refractivity contribution in [3.63, 3.8) is 0 Å². The van der Waals surface area contributed by atoms with Crippen molar-refractivity contribution in [2.24, 2.45) is 11.3 Å². The summed E-state index contributed by atoms with van der Waals surface area (Å²) in [7, 11) is 2.03. The van der Waals surface area contributed by atoms with Crippen LogP contribution in [0.2, 0.25) is 5.02 Å². The molecule has 0 unspecified atom stereocenters. The summed E-state index contributed by atoms with van der Waals surface area (Å²) in [6.07, 6.45) is 7.79. The molecule has 1 saturated carbocycles. The number of hydrogen-bond donors (Lipinski definition) is 2. The van der Waals surface area contributed by atoms with Gasteiger partial charge in [0.2, 0.25) is 11.8 Å². The number of carbonyl (C=O) groups is 2. The zero-order chi connectivity index (χ0) is 50.4. The van der Waals surface area contributed by atoms with Crippen LogP contribution in [0.4, 0.5) is 0 Å². The molecule has 5 aliphatic rings. The molecule has 11 rings (SSSR count). The summed E-state index contributed by atoms with van der Waals surface area (Å²) in [5.74, 6) is 1.61. The Morgan fingerprint density at radius 1 is 0.972 bits per heavy atom. The number of halogens is 1. The number of thiazole rings is 1. The second-order valence-corrected chi connectivity index (χ2v) is 24.5. The number of likely N-dealkylation sites (tertiary alicyclic amines) is 3. The molecule has 3 atom stereocenters. The highest BCUT2D eigenvalue weighted by atomic mass is 35.5. The maximum atomic E-state index is 14.8. The number of nitrogens with zero attached hydrogens (tertiary/aromatic N) is 9. The molecule has 2 N–H and O–H groups in total. The van der Waals surface area contributed by atoms with Crippen molar-refractivity contribution < 1.29 is 14.7 Å². The van der Waals surface area contributed by atoms with Crippen molar-refractivity contribution in [1.82, 2.24) is 49.5 Å². The number of aliphatic hydroxyl groups excluding tert-OH is 1. The smallest absolute Gasteiger partial charge is 0.282 e. The van der Waals surface area contributed by atoms with Gasteiger partial charge in [0.05, 0.1) is 60.4 Å². The van der Waals surface area contributed by atoms with Crippen LogP contribution in [0, 0.1) is 18.3 Å². The number of amides is 2. The van der Waals surface area contributed by atoms with E-state index in [1.165, 1.54) is 11.1 Å². The van der Waals surface area contributed by atoms with Crippen molar-refractivity contribution in [2.75, 3.05) is 46.3 Å². The SMILES string of the molecule is Cc1ncsc1-c1ccc(C2(NC(=O)[C@@H]3C[C@@H](O)CN3C(=O)[C@@H](n3cc(C4CCC(CN5CCC(c6ccc7c(c6)-n6c(nc(=O)c8c(Cl)cccc86)C7(C)C)CC5)CC4)nn3)C(C)(C)C)CN(C)C2)cc1. The van der Waals surface area contributed by atoms with Crippen LogP contribution in [0.25, 0.3) is 27.0 Å². The van der Waals surface area contributed by atoms with Crippen LogP contribution in [-0.2, 0) is 20.5 Å². The first-order chi connectivity index (χ1) is 34.4. The molecule has 4 aliphatic heterocycles. The number of likely N-dealkylation sites (N-methyl/N-ethyl adjacent to an activating group) is 1. The second-order valence-electron chi connectivity index (χ2n) is 23.3. The molecule has 3 saturated heterocycles. The van der Waals surface area contributed by atoms with Gasteiger partial charge in [-0.15, -0.1) is 16.4 Å². The molecule has 0 radical (unpaired) electrons. The Balaban J connectivity index is 0.710. The van der Waals surface area contributed by atoms with E-state index in [2.05, 4.69) is 91.2 Å². The monoisotopic (exact) mass is 1010 g/mol. The van der Waals surface area contributed by atoms with E-state index in [1.807, 2.05) is 58.6 Å². The minimum atomic E-state index is -0.818. The fourth-order valence-electron chi connectivity index (χ4n) is 13.0. The molecule has 3 aromatic heterocycles. The van der Waals surface area contributed by atoms with Crippen LogP contribution in [-0.4, -0.2) is 120 Å². The van der Waals surface area contributed by atoms with E-state index in [-0.39, 0.29) is 36.3 Å². The molecule has 7 heterocycles. The predicted molar refractivity (Wildman–Crippen MR) is 282 cm³/mol. The summed E-state index contributed by atoms with van der Waals surface area (Å²) < 4.78 is 3.88. The minimum Gasteiger partial charge on any atom is -0.391 e. The first kappa shape index (κ1) is 48.9. The molecule has 1 aliphatic carbocycles. The lowest BCUT2D eigenvalue weighted by Gasteiger charge is -2.50. The predicted octanol–water partition coefficient (Wildman–Crippen LogP) is 8.36. The average molecular weight is 1010 g/mol. The normalized spacial score (nSPS) is 23.7. The zero-order valence-electron chi connectivity index (χ0n) is 42.6. The molecule has 0 spiro atoms. The maximum absolute atomic E-state index is 14.8. The third-order valence-corrected chi connectivity index (χ3v) is 18.1. The van der Waals surface area contributed by atoms with E-state index in [1.54, 1.807) is 27.0 Å². The Morgan fingerprint density at radius 2 is 1.71 bits per heavy atom. The number of aliphatic hydroxyl groups is 1. The number of hydrogen-bond acceptors (Lipinski definition) is 11. The molecule has 14 nitrogen and oxygen atoms in total. The summed E-state index contributed by atoms with van der Waals surface area (Å²) in [5, 5.41) is 24.6. The third kappa shape index (κ3) is 8.70. The summed E-state index contributed by atoms with van der Waals surface area (Å²) in [6, 6.07) is 19.3. The van der Waals surface area contributed by atoms with Gasteiger partial charge in [0, 0.05) is 44.7 Å². The van der Waals surface area contributed by atoms with Gasteiger partial charge in [-0.2, -0.15) is 4.98 Å². The third-order valence-electron chi connectivity index (χ3n) is 16.8. The molecule has 4 fully saturated rings. The van der Waals surface area contributed by atoms with Gasteiger partial charge in [-0.05, 0) is 137 Å². The Morgan fingerprint density at radius 3 is 2.39 bits per heavy atom. The van der Waals surface area contributed by atoms with E-state index in [0.29, 0.717) is 35.3 Å². The molecule has 6 aromatic rings. The first-order valence-corrected chi connectivity index (χ1v) is 27.1. The lowest BCUT2D eigenvalue weighted by molar-refractivity contribution is -0.145. The minimum absolute atomic E-state index is 0.0832. The quantitative estimate of drug-likeness (QED) is 0.137. The van der Waals surface area contributed by atoms with E-state index in [9.17, 15) is 19.5 Å². The van der Waals surface area contributed by atoms with Gasteiger partial charge in [-0.25, -0.2) is 9.67 Å². The number of benzene rings is 3. The molecule has 72 heavy (non-hydrogen) atoms. The van der Waals surface area contributed by atoms with Gasteiger partial charge in [-0.1, -0.05) is 80.1 Å². The van der Waals surface area contributed by atoms with Crippen LogP contribution >= 0.6 is 22.9 Å². The topological polar surface area (TPSA) is 155 Å². The highest BCUT2D eigenvalue weighted by molar-refractivity contribution is 7.13. The Hall–Kier alpha value is -5.32. The van der Waals surface area contributed by atoms with E-state index < -0.39 is 34.6 Å². The number of carbonyl (C=O) groups excluding carboxylic acids is 2. The number of aryl methyl sites for hydroxylation is 1. The molecule has 2 amide bonds. The van der Waals surface area contributed by atoms with Crippen LogP contribution in [0.15, 0.2) is 77.2 Å². The largest absolute Gasteiger partial charge is 0.391 e. The summed E-state index contributed by atoms with van der Waals surface area (Å²) >= 11 is 8.17. The van der Waals surface area contributed by atoms with Gasteiger partial charge in [0.25, 0.3) is 5.56 Å². The molecule has 0 bridgehead atoms. The Labute approximate surface area is 430 Å². The Bertz CT molecular complexity index is 3100. The van der Waals surface area contributed by atoms with Crippen LogP contribution in [0.5, 0.6) is 0 Å². The Kier molecular flexibility index (Phi) is 12.6. The standard InChI is InChI=1S/C56H67ClN10O4S/c1-33-48(72-32-58-33)37-15-18-39(19-16-37)56(30-63(7)31-56)60-50(69)46-26-40(68)28-65(46)52(71)49(54(2,3)4)66-29-43(61-62-66)36-13-11-34(12-14-36)27-64-23-21-35(22-24-64)38-17-20-41-45(25-38)67-44-10-8-9-42(57)47(44)51(70)59-53(67)55(41,5)6/h8-10,15-20,25,29,32,34-36,40,46,49,68H,11-14,21-24,26-28,30-31H2,1-7H3,(H,60,69)/t34?,36?,40-,46+,49-/m1/s1. The average Bonchev–Trinajstić information content (AvgIpc) is 4.14. The maximum Gasteiger partial charge on any atom is 0.282 e. The van der Waals surface area contributed by atoms with Crippen molar-refractivity contribution >= 4 is 45.7 Å². The van der Waals surface area contributed by atoms with Crippen molar-refractivity contribution in [3.8, 4) is 16.1 Å². The van der Waals surface area contributed by atoms with Crippen molar-refractivity contribution in [1.29, 1.82) is 0 Å². The zero-order valence-corrected chi connectivity index (χ0v) is 44.1. The number of aromatic nitrogens is 6. The van der Waals surface area contributed by atoms with Crippen LogP contribution < -0.4 is 10.9 Å². The molecule has 16 heteroatoms. The number of fused-ring (bicyclic) bond motifs is 5.